The van der Waals surface area contributed by atoms with Crippen LogP contribution < -0.4 is 0 Å². The van der Waals surface area contributed by atoms with Crippen LogP contribution in [0, 0.1) is 0 Å². The first-order valence-electron chi connectivity index (χ1n) is 1.50. The molecule has 0 heterocycles. The Bertz CT molecular complexity index is 86.8. The lowest BCUT2D eigenvalue weighted by Crippen LogP contribution is -2.04. The highest BCUT2D eigenvalue weighted by Crippen LogP contribution is 2.26. The fraction of sp³-hybridized carbons (Fsp3) is 0.333. The molecule has 56 valence electrons. The van der Waals surface area contributed by atoms with Gasteiger partial charge in [-0.05, 0) is 0 Å². The minimum Gasteiger partial charge on any atom is -0.165 e. The first-order valence-corrected chi connectivity index (χ1v) is 3.02. The van der Waals surface area contributed by atoms with Crippen molar-refractivity contribution in [2.24, 2.45) is 0 Å². The van der Waals surface area contributed by atoms with Gasteiger partial charge in [-0.3, -0.25) is 0 Å². The van der Waals surface area contributed by atoms with Gasteiger partial charge in [0.1, 0.15) is 5.03 Å². The molecule has 0 spiro atoms. The molecule has 0 saturated carbocycles. The molecule has 0 aliphatic heterocycles. The van der Waals surface area contributed by atoms with Crippen molar-refractivity contribution in [2.75, 3.05) is 0 Å². The van der Waals surface area contributed by atoms with Crippen molar-refractivity contribution < 1.29 is 13.2 Å². The molecule has 0 aromatic rings. The molecule has 0 aromatic carbocycles. The van der Waals surface area contributed by atoms with E-state index in [1.807, 2.05) is 0 Å². The average Bonchev–Trinajstić information content (AvgIpc) is 1.69. The Hall–Kier alpha value is 0.400. The summed E-state index contributed by atoms with van der Waals surface area (Å²) in [6, 6.07) is 0. The topological polar surface area (TPSA) is 0 Å². The maximum Gasteiger partial charge on any atom is 0.426 e. The molecule has 0 fully saturated rings. The monoisotopic (exact) mass is 200 g/mol. The largest absolute Gasteiger partial charge is 0.426 e. The second kappa shape index (κ2) is 5.21. The van der Waals surface area contributed by atoms with Crippen LogP contribution in [0.15, 0.2) is 11.6 Å². The molecule has 0 N–H and O–H groups in total. The predicted octanol–water partition coefficient (Wildman–Crippen LogP) is 3.68. The molecule has 6 heteroatoms. The summed E-state index contributed by atoms with van der Waals surface area (Å²) in [4.78, 5) is 0. The lowest BCUT2D eigenvalue weighted by atomic mass is 10.6. The summed E-state index contributed by atoms with van der Waals surface area (Å²) in [6.45, 7) is 2.47. The third-order valence-corrected chi connectivity index (χ3v) is 0.522. The number of alkyl halides is 3. The summed E-state index contributed by atoms with van der Waals surface area (Å²) in [6.07, 6.45) is -4.43. The van der Waals surface area contributed by atoms with Gasteiger partial charge in [0.15, 0.2) is 0 Å². The predicted molar refractivity (Wildman–Crippen MR) is 32.8 cm³/mol. The standard InChI is InChI=1S/C3H2ClF3.Cl2/c1-2(4)3(5,6)7;1-2/h1H2;. The Morgan fingerprint density at radius 2 is 1.33 bits per heavy atom. The molecule has 0 unspecified atom stereocenters. The minimum atomic E-state index is -4.43. The van der Waals surface area contributed by atoms with E-state index in [9.17, 15) is 13.2 Å². The maximum atomic E-state index is 10.9. The van der Waals surface area contributed by atoms with Gasteiger partial charge in [0, 0.05) is 21.7 Å². The first kappa shape index (κ1) is 12.1. The molecule has 0 aliphatic rings. The van der Waals surface area contributed by atoms with Crippen LogP contribution in [0.2, 0.25) is 0 Å². The quantitative estimate of drug-likeness (QED) is 0.561. The Morgan fingerprint density at radius 3 is 1.33 bits per heavy atom. The lowest BCUT2D eigenvalue weighted by molar-refractivity contribution is -0.0841. The van der Waals surface area contributed by atoms with E-state index in [2.05, 4.69) is 39.9 Å². The van der Waals surface area contributed by atoms with Gasteiger partial charge in [-0.25, -0.2) is 0 Å². The van der Waals surface area contributed by atoms with Crippen LogP contribution in [0.4, 0.5) is 13.2 Å². The fourth-order valence-corrected chi connectivity index (χ4v) is 0. The van der Waals surface area contributed by atoms with Crippen molar-refractivity contribution in [1.82, 2.24) is 0 Å². The summed E-state index contributed by atoms with van der Waals surface area (Å²) in [7, 11) is 8.22. The molecule has 0 nitrogen and oxygen atoms in total. The van der Waals surface area contributed by atoms with Gasteiger partial charge >= 0.3 is 6.18 Å². The minimum absolute atomic E-state index is 1.28. The second-order valence-corrected chi connectivity index (χ2v) is 1.36. The van der Waals surface area contributed by atoms with Crippen LogP contribution in [0.3, 0.4) is 0 Å². The van der Waals surface area contributed by atoms with Crippen molar-refractivity contribution >= 4 is 33.3 Å². The van der Waals surface area contributed by atoms with E-state index in [1.165, 1.54) is 0 Å². The van der Waals surface area contributed by atoms with Gasteiger partial charge in [0.05, 0.1) is 0 Å². The van der Waals surface area contributed by atoms with Crippen LogP contribution in [0.25, 0.3) is 0 Å². The first-order chi connectivity index (χ1) is 3.94. The SMILES string of the molecule is C=C(Cl)C(F)(F)F.ClCl. The van der Waals surface area contributed by atoms with E-state index >= 15 is 0 Å². The van der Waals surface area contributed by atoms with Gasteiger partial charge in [-0.2, -0.15) is 13.2 Å². The van der Waals surface area contributed by atoms with Gasteiger partial charge in [-0.1, -0.05) is 18.2 Å². The molecule has 9 heavy (non-hydrogen) atoms. The summed E-state index contributed by atoms with van der Waals surface area (Å²) < 4.78 is 32.8. The number of rotatable bonds is 0. The molecule has 0 amide bonds. The normalized spacial score (nSPS) is 9.56. The number of hydrogen-bond donors (Lipinski definition) is 0. The summed E-state index contributed by atoms with van der Waals surface area (Å²) >= 11 is 4.43. The van der Waals surface area contributed by atoms with E-state index in [0.29, 0.717) is 0 Å². The van der Waals surface area contributed by atoms with E-state index in [4.69, 9.17) is 0 Å². The Morgan fingerprint density at radius 1 is 1.22 bits per heavy atom. The van der Waals surface area contributed by atoms with E-state index in [-0.39, 0.29) is 0 Å². The van der Waals surface area contributed by atoms with Crippen LogP contribution in [-0.4, -0.2) is 6.18 Å². The Labute approximate surface area is 64.8 Å². The van der Waals surface area contributed by atoms with Crippen LogP contribution in [-0.2, 0) is 0 Å². The van der Waals surface area contributed by atoms with Gasteiger partial charge in [-0.15, -0.1) is 0 Å². The number of halogens is 6. The molecule has 0 rings (SSSR count). The zero-order valence-corrected chi connectivity index (χ0v) is 6.24. The molecular formula is C3H2Cl3F3. The Balaban J connectivity index is 0. The lowest BCUT2D eigenvalue weighted by Gasteiger charge is -1.98. The molecule has 0 saturated heterocycles. The van der Waals surface area contributed by atoms with Gasteiger partial charge < -0.3 is 0 Å². The average molecular weight is 201 g/mol. The maximum absolute atomic E-state index is 10.9. The van der Waals surface area contributed by atoms with E-state index in [1.54, 1.807) is 0 Å². The van der Waals surface area contributed by atoms with Crippen molar-refractivity contribution in [2.45, 2.75) is 6.18 Å². The van der Waals surface area contributed by atoms with Crippen LogP contribution in [0.1, 0.15) is 0 Å². The molecule has 0 radical (unpaired) electrons. The third kappa shape index (κ3) is 8.40. The van der Waals surface area contributed by atoms with Crippen molar-refractivity contribution in [3.8, 4) is 0 Å². The smallest absolute Gasteiger partial charge is 0.165 e. The molecule has 0 aliphatic carbocycles. The van der Waals surface area contributed by atoms with Crippen LogP contribution >= 0.6 is 33.3 Å². The highest BCUT2D eigenvalue weighted by Gasteiger charge is 2.30. The molecule has 0 atom stereocenters. The highest BCUT2D eigenvalue weighted by atomic mass is 36.5. The highest BCUT2D eigenvalue weighted by molar-refractivity contribution is 6.85. The Kier molecular flexibility index (Phi) is 7.01. The van der Waals surface area contributed by atoms with E-state index in [0.717, 1.165) is 0 Å². The van der Waals surface area contributed by atoms with Crippen molar-refractivity contribution in [3.05, 3.63) is 11.6 Å². The van der Waals surface area contributed by atoms with Crippen molar-refractivity contribution in [3.63, 3.8) is 0 Å². The molecule has 0 aromatic heterocycles. The number of allylic oxidation sites excluding steroid dienone is 1. The van der Waals surface area contributed by atoms with Crippen LogP contribution in [0.5, 0.6) is 0 Å². The molecule has 0 bridgehead atoms. The summed E-state index contributed by atoms with van der Waals surface area (Å²) in [5.41, 5.74) is 0. The zero-order valence-electron chi connectivity index (χ0n) is 3.97. The summed E-state index contributed by atoms with van der Waals surface area (Å²) in [5, 5.41) is -1.28. The van der Waals surface area contributed by atoms with Gasteiger partial charge in [0.25, 0.3) is 0 Å². The van der Waals surface area contributed by atoms with Gasteiger partial charge in [0.2, 0.25) is 0 Å². The fourth-order valence-electron chi connectivity index (χ4n) is 0. The zero-order chi connectivity index (χ0) is 8.08. The molecular weight excluding hydrogens is 199 g/mol. The van der Waals surface area contributed by atoms with Crippen molar-refractivity contribution in [1.29, 1.82) is 0 Å². The second-order valence-electron chi connectivity index (χ2n) is 0.903. The third-order valence-electron chi connectivity index (χ3n) is 0.308. The number of hydrogen-bond acceptors (Lipinski definition) is 0. The van der Waals surface area contributed by atoms with E-state index < -0.39 is 11.2 Å². The summed E-state index contributed by atoms with van der Waals surface area (Å²) in [5.74, 6) is 0.